The Bertz CT molecular complexity index is 1270. The zero-order valence-electron chi connectivity index (χ0n) is 20.3. The molecule has 0 radical (unpaired) electrons. The van der Waals surface area contributed by atoms with Crippen molar-refractivity contribution in [1.82, 2.24) is 19.8 Å². The van der Waals surface area contributed by atoms with Gasteiger partial charge in [-0.05, 0) is 49.9 Å². The number of nitrogens with one attached hydrogen (secondary N) is 1. The standard InChI is InChI=1S/C26H29ClFN5O3/c1-32-9-10-33(14-25(32)34)17-4-6-18(7-5-17)36-24-12-19-21(13-23(24)35-2)29-15-30-26(19)31-22-11-16(27)3-8-20(22)28/h3,8,11-13,15,17-18H,4-7,9-10,14H2,1-2H3,(H,29,30,31). The second-order valence-corrected chi connectivity index (χ2v) is 9.76. The van der Waals surface area contributed by atoms with Crippen LogP contribution in [0.15, 0.2) is 36.7 Å². The summed E-state index contributed by atoms with van der Waals surface area (Å²) >= 11 is 6.05. The second-order valence-electron chi connectivity index (χ2n) is 9.33. The fraction of sp³-hybridized carbons (Fsp3) is 0.423. The molecule has 3 aromatic rings. The van der Waals surface area contributed by atoms with Gasteiger partial charge in [0.25, 0.3) is 0 Å². The van der Waals surface area contributed by atoms with E-state index in [9.17, 15) is 9.18 Å². The van der Waals surface area contributed by atoms with Crippen LogP contribution in [-0.4, -0.2) is 71.6 Å². The number of anilines is 2. The zero-order chi connectivity index (χ0) is 25.2. The molecule has 5 rings (SSSR count). The van der Waals surface area contributed by atoms with Crippen LogP contribution in [0.4, 0.5) is 15.9 Å². The third-order valence-corrected chi connectivity index (χ3v) is 7.28. The van der Waals surface area contributed by atoms with E-state index in [-0.39, 0.29) is 17.7 Å². The molecule has 1 saturated heterocycles. The third-order valence-electron chi connectivity index (χ3n) is 7.04. The van der Waals surface area contributed by atoms with Crippen LogP contribution >= 0.6 is 11.6 Å². The van der Waals surface area contributed by atoms with Crippen molar-refractivity contribution in [3.05, 3.63) is 47.5 Å². The van der Waals surface area contributed by atoms with Crippen molar-refractivity contribution in [2.75, 3.05) is 39.1 Å². The maximum Gasteiger partial charge on any atom is 0.236 e. The summed E-state index contributed by atoms with van der Waals surface area (Å²) in [5.41, 5.74) is 0.865. The van der Waals surface area contributed by atoms with Gasteiger partial charge in [-0.3, -0.25) is 9.69 Å². The summed E-state index contributed by atoms with van der Waals surface area (Å²) in [5, 5.41) is 4.12. The SMILES string of the molecule is COc1cc2ncnc(Nc3cc(Cl)ccc3F)c2cc1OC1CCC(N2CCN(C)C(=O)C2)CC1. The molecular formula is C26H29ClFN5O3. The number of piperazine rings is 1. The van der Waals surface area contributed by atoms with Crippen LogP contribution in [-0.2, 0) is 4.79 Å². The van der Waals surface area contributed by atoms with Crippen molar-refractivity contribution in [2.45, 2.75) is 37.8 Å². The maximum atomic E-state index is 14.3. The Morgan fingerprint density at radius 1 is 1.08 bits per heavy atom. The first-order chi connectivity index (χ1) is 17.4. The van der Waals surface area contributed by atoms with Gasteiger partial charge in [0, 0.05) is 42.7 Å². The Balaban J connectivity index is 1.33. The molecule has 190 valence electrons. The van der Waals surface area contributed by atoms with Gasteiger partial charge in [0.05, 0.1) is 31.0 Å². The van der Waals surface area contributed by atoms with Gasteiger partial charge in [0.1, 0.15) is 18.0 Å². The fourth-order valence-corrected chi connectivity index (χ4v) is 5.10. The van der Waals surface area contributed by atoms with Crippen molar-refractivity contribution in [1.29, 1.82) is 0 Å². The number of carbonyl (C=O) groups is 1. The van der Waals surface area contributed by atoms with Gasteiger partial charge < -0.3 is 19.7 Å². The monoisotopic (exact) mass is 513 g/mol. The Kier molecular flexibility index (Phi) is 7.11. The van der Waals surface area contributed by atoms with E-state index in [0.717, 1.165) is 38.8 Å². The lowest BCUT2D eigenvalue weighted by atomic mass is 9.91. The highest BCUT2D eigenvalue weighted by Gasteiger charge is 2.31. The van der Waals surface area contributed by atoms with Crippen LogP contribution in [0.5, 0.6) is 11.5 Å². The Labute approximate surface area is 214 Å². The lowest BCUT2D eigenvalue weighted by Crippen LogP contribution is -2.53. The van der Waals surface area contributed by atoms with Gasteiger partial charge in [0.2, 0.25) is 5.91 Å². The molecule has 1 amide bonds. The largest absolute Gasteiger partial charge is 0.493 e. The van der Waals surface area contributed by atoms with Gasteiger partial charge in [-0.1, -0.05) is 11.6 Å². The summed E-state index contributed by atoms with van der Waals surface area (Å²) in [6, 6.07) is 8.35. The Morgan fingerprint density at radius 3 is 2.64 bits per heavy atom. The summed E-state index contributed by atoms with van der Waals surface area (Å²) in [5.74, 6) is 1.36. The summed E-state index contributed by atoms with van der Waals surface area (Å²) in [7, 11) is 3.45. The summed E-state index contributed by atoms with van der Waals surface area (Å²) in [6.07, 6.45) is 5.16. The van der Waals surface area contributed by atoms with Crippen LogP contribution in [0, 0.1) is 5.82 Å². The minimum Gasteiger partial charge on any atom is -0.493 e. The Hall–Kier alpha value is -3.17. The van der Waals surface area contributed by atoms with Gasteiger partial charge in [-0.15, -0.1) is 0 Å². The number of benzene rings is 2. The molecule has 10 heteroatoms. The molecule has 2 fully saturated rings. The van der Waals surface area contributed by atoms with E-state index in [4.69, 9.17) is 21.1 Å². The zero-order valence-corrected chi connectivity index (χ0v) is 21.1. The van der Waals surface area contributed by atoms with E-state index in [1.165, 1.54) is 24.5 Å². The van der Waals surface area contributed by atoms with Crippen molar-refractivity contribution in [3.8, 4) is 11.5 Å². The minimum absolute atomic E-state index is 0.0298. The molecule has 36 heavy (non-hydrogen) atoms. The molecule has 1 N–H and O–H groups in total. The topological polar surface area (TPSA) is 79.8 Å². The second kappa shape index (κ2) is 10.4. The van der Waals surface area contributed by atoms with Crippen LogP contribution in [0.1, 0.15) is 25.7 Å². The van der Waals surface area contributed by atoms with Crippen LogP contribution < -0.4 is 14.8 Å². The first kappa shape index (κ1) is 24.5. The first-order valence-corrected chi connectivity index (χ1v) is 12.5. The molecule has 0 spiro atoms. The molecular weight excluding hydrogens is 485 g/mol. The number of halogens is 2. The number of hydrogen-bond acceptors (Lipinski definition) is 7. The summed E-state index contributed by atoms with van der Waals surface area (Å²) in [4.78, 5) is 24.9. The number of likely N-dealkylation sites (N-methyl/N-ethyl adjacent to an activating group) is 1. The molecule has 1 saturated carbocycles. The normalized spacial score (nSPS) is 21.0. The third kappa shape index (κ3) is 5.17. The van der Waals surface area contributed by atoms with Crippen LogP contribution in [0.25, 0.3) is 10.9 Å². The van der Waals surface area contributed by atoms with E-state index >= 15 is 0 Å². The molecule has 1 aliphatic carbocycles. The van der Waals surface area contributed by atoms with E-state index in [0.29, 0.717) is 45.8 Å². The number of fused-ring (bicyclic) bond motifs is 1. The number of ether oxygens (including phenoxy) is 2. The maximum absolute atomic E-state index is 14.3. The molecule has 2 heterocycles. The number of amides is 1. The van der Waals surface area contributed by atoms with E-state index in [2.05, 4.69) is 20.2 Å². The molecule has 1 aromatic heterocycles. The number of hydrogen-bond donors (Lipinski definition) is 1. The number of aromatic nitrogens is 2. The lowest BCUT2D eigenvalue weighted by Gasteiger charge is -2.40. The van der Waals surface area contributed by atoms with Crippen molar-refractivity contribution >= 4 is 39.9 Å². The predicted molar refractivity (Wildman–Crippen MR) is 137 cm³/mol. The van der Waals surface area contributed by atoms with E-state index < -0.39 is 5.82 Å². The molecule has 0 unspecified atom stereocenters. The number of carbonyl (C=O) groups excluding carboxylic acids is 1. The van der Waals surface area contributed by atoms with Crippen LogP contribution in [0.3, 0.4) is 0 Å². The Morgan fingerprint density at radius 2 is 1.89 bits per heavy atom. The molecule has 2 aromatic carbocycles. The molecule has 1 aliphatic heterocycles. The number of methoxy groups -OCH3 is 1. The highest BCUT2D eigenvalue weighted by molar-refractivity contribution is 6.30. The van der Waals surface area contributed by atoms with Gasteiger partial charge in [0.15, 0.2) is 11.5 Å². The van der Waals surface area contributed by atoms with Gasteiger partial charge in [-0.25, -0.2) is 14.4 Å². The molecule has 0 bridgehead atoms. The summed E-state index contributed by atoms with van der Waals surface area (Å²) < 4.78 is 26.3. The van der Waals surface area contributed by atoms with Gasteiger partial charge in [-0.2, -0.15) is 0 Å². The average molecular weight is 514 g/mol. The molecule has 2 aliphatic rings. The molecule has 8 nitrogen and oxygen atoms in total. The average Bonchev–Trinajstić information content (AvgIpc) is 2.88. The molecule has 0 atom stereocenters. The summed E-state index contributed by atoms with van der Waals surface area (Å²) in [6.45, 7) is 2.19. The van der Waals surface area contributed by atoms with Crippen molar-refractivity contribution in [2.24, 2.45) is 0 Å². The predicted octanol–water partition coefficient (Wildman–Crippen LogP) is 4.64. The number of rotatable bonds is 6. The highest BCUT2D eigenvalue weighted by Crippen LogP contribution is 2.37. The number of nitrogens with zero attached hydrogens (tertiary/aromatic N) is 4. The van der Waals surface area contributed by atoms with Crippen molar-refractivity contribution in [3.63, 3.8) is 0 Å². The van der Waals surface area contributed by atoms with E-state index in [1.54, 1.807) is 18.1 Å². The lowest BCUT2D eigenvalue weighted by molar-refractivity contribution is -0.135. The minimum atomic E-state index is -0.435. The first-order valence-electron chi connectivity index (χ1n) is 12.1. The highest BCUT2D eigenvalue weighted by atomic mass is 35.5. The fourth-order valence-electron chi connectivity index (χ4n) is 4.93. The quantitative estimate of drug-likeness (QED) is 0.514. The van der Waals surface area contributed by atoms with E-state index in [1.807, 2.05) is 13.1 Å². The van der Waals surface area contributed by atoms with Gasteiger partial charge >= 0.3 is 0 Å². The van der Waals surface area contributed by atoms with Crippen LogP contribution in [0.2, 0.25) is 5.02 Å². The smallest absolute Gasteiger partial charge is 0.236 e. The van der Waals surface area contributed by atoms with Crippen molar-refractivity contribution < 1.29 is 18.7 Å².